The number of carbonyl (C=O) groups is 2. The van der Waals surface area contributed by atoms with Crippen LogP contribution >= 0.6 is 11.3 Å². The Morgan fingerprint density at radius 3 is 2.58 bits per heavy atom. The van der Waals surface area contributed by atoms with Crippen molar-refractivity contribution < 1.29 is 14.3 Å². The van der Waals surface area contributed by atoms with Gasteiger partial charge in [0.1, 0.15) is 11.3 Å². The van der Waals surface area contributed by atoms with Crippen LogP contribution in [0.15, 0.2) is 48.0 Å². The van der Waals surface area contributed by atoms with Crippen molar-refractivity contribution in [2.24, 2.45) is 7.05 Å². The molecule has 2 aromatic heterocycles. The fourth-order valence-electron chi connectivity index (χ4n) is 2.96. The van der Waals surface area contributed by atoms with Crippen LogP contribution in [0.4, 0.5) is 4.79 Å². The minimum absolute atomic E-state index is 0.232. The lowest BCUT2D eigenvalue weighted by Gasteiger charge is -2.22. The van der Waals surface area contributed by atoms with Crippen molar-refractivity contribution in [2.75, 3.05) is 6.54 Å². The van der Waals surface area contributed by atoms with E-state index in [0.29, 0.717) is 17.1 Å². The van der Waals surface area contributed by atoms with Crippen molar-refractivity contribution in [2.45, 2.75) is 38.8 Å². The topological polar surface area (TPSA) is 98.1 Å². The number of amides is 2. The first-order chi connectivity index (χ1) is 14.7. The number of nitrogens with zero attached hydrogens (tertiary/aromatic N) is 3. The molecule has 0 aliphatic carbocycles. The smallest absolute Gasteiger partial charge is 0.407 e. The molecule has 9 heteroatoms. The van der Waals surface area contributed by atoms with E-state index in [4.69, 9.17) is 4.74 Å². The van der Waals surface area contributed by atoms with E-state index in [1.165, 1.54) is 11.3 Å². The van der Waals surface area contributed by atoms with Crippen LogP contribution in [0.2, 0.25) is 0 Å². The van der Waals surface area contributed by atoms with Crippen molar-refractivity contribution in [3.8, 4) is 11.4 Å². The van der Waals surface area contributed by atoms with Gasteiger partial charge in [0.2, 0.25) is 0 Å². The van der Waals surface area contributed by atoms with Gasteiger partial charge < -0.3 is 15.4 Å². The molecular formula is C22H27N5O3S. The number of aromatic nitrogens is 3. The van der Waals surface area contributed by atoms with Gasteiger partial charge in [-0.3, -0.25) is 9.48 Å². The summed E-state index contributed by atoms with van der Waals surface area (Å²) in [6, 6.07) is 11.3. The highest BCUT2D eigenvalue weighted by Gasteiger charge is 2.21. The zero-order valence-corrected chi connectivity index (χ0v) is 18.9. The maximum absolute atomic E-state index is 12.9. The molecule has 0 fully saturated rings. The zero-order chi connectivity index (χ0) is 22.4. The second-order valence-electron chi connectivity index (χ2n) is 8.12. The minimum atomic E-state index is -0.592. The number of aryl methyl sites for hydroxylation is 1. The molecule has 0 spiro atoms. The third-order valence-corrected chi connectivity index (χ3v) is 5.17. The Morgan fingerprint density at radius 2 is 1.94 bits per heavy atom. The molecule has 0 saturated carbocycles. The Balaban J connectivity index is 1.68. The summed E-state index contributed by atoms with van der Waals surface area (Å²) in [6.07, 6.45) is 1.72. The number of benzene rings is 1. The Hall–Kier alpha value is -3.20. The van der Waals surface area contributed by atoms with Crippen LogP contribution < -0.4 is 10.6 Å². The lowest BCUT2D eigenvalue weighted by atomic mass is 10.1. The maximum Gasteiger partial charge on any atom is 0.407 e. The number of thiazole rings is 1. The van der Waals surface area contributed by atoms with Crippen LogP contribution in [0.1, 0.15) is 36.1 Å². The highest BCUT2D eigenvalue weighted by Crippen LogP contribution is 2.21. The molecule has 2 N–H and O–H groups in total. The van der Waals surface area contributed by atoms with Crippen LogP contribution in [0.3, 0.4) is 0 Å². The standard InChI is InChI=1S/C22H27N5O3S/c1-22(2,3)30-21(29)23-13-16(12-15-8-6-5-7-9-15)25-19(28)20-26-17(14-31-20)18-10-11-24-27(18)4/h5-11,14,16H,12-13H2,1-4H3,(H,23,29)(H,25,28). The Labute approximate surface area is 185 Å². The summed E-state index contributed by atoms with van der Waals surface area (Å²) in [4.78, 5) is 29.4. The zero-order valence-electron chi connectivity index (χ0n) is 18.1. The molecule has 2 amide bonds. The van der Waals surface area contributed by atoms with Crippen LogP contribution in [0.5, 0.6) is 0 Å². The van der Waals surface area contributed by atoms with E-state index in [0.717, 1.165) is 11.3 Å². The Morgan fingerprint density at radius 1 is 1.19 bits per heavy atom. The van der Waals surface area contributed by atoms with Gasteiger partial charge in [0.15, 0.2) is 5.01 Å². The molecule has 2 heterocycles. The Kier molecular flexibility index (Phi) is 7.06. The molecule has 8 nitrogen and oxygen atoms in total. The van der Waals surface area contributed by atoms with Crippen molar-refractivity contribution in [1.82, 2.24) is 25.4 Å². The summed E-state index contributed by atoms with van der Waals surface area (Å²) in [6.45, 7) is 5.64. The molecular weight excluding hydrogens is 414 g/mol. The SMILES string of the molecule is Cn1nccc1-c1csc(C(=O)NC(CNC(=O)OC(C)(C)C)Cc2ccccc2)n1. The van der Waals surface area contributed by atoms with Crippen LogP contribution in [-0.4, -0.2) is 45.0 Å². The van der Waals surface area contributed by atoms with Crippen LogP contribution in [0.25, 0.3) is 11.4 Å². The predicted molar refractivity (Wildman–Crippen MR) is 120 cm³/mol. The summed E-state index contributed by atoms with van der Waals surface area (Å²) in [5, 5.41) is 12.1. The van der Waals surface area contributed by atoms with Gasteiger partial charge in [-0.05, 0) is 38.8 Å². The van der Waals surface area contributed by atoms with E-state index in [9.17, 15) is 9.59 Å². The quantitative estimate of drug-likeness (QED) is 0.586. The molecule has 0 radical (unpaired) electrons. The van der Waals surface area contributed by atoms with Gasteiger partial charge in [0, 0.05) is 25.2 Å². The largest absolute Gasteiger partial charge is 0.444 e. The van der Waals surface area contributed by atoms with E-state index in [-0.39, 0.29) is 18.5 Å². The monoisotopic (exact) mass is 441 g/mol. The van der Waals surface area contributed by atoms with E-state index in [2.05, 4.69) is 20.7 Å². The van der Waals surface area contributed by atoms with Gasteiger partial charge >= 0.3 is 6.09 Å². The molecule has 0 bridgehead atoms. The molecule has 3 aromatic rings. The molecule has 164 valence electrons. The van der Waals surface area contributed by atoms with Gasteiger partial charge in [0.25, 0.3) is 5.91 Å². The number of alkyl carbamates (subject to hydrolysis) is 1. The third-order valence-electron chi connectivity index (χ3n) is 4.33. The number of hydrogen-bond acceptors (Lipinski definition) is 6. The number of ether oxygens (including phenoxy) is 1. The average molecular weight is 442 g/mol. The molecule has 1 unspecified atom stereocenters. The highest BCUT2D eigenvalue weighted by molar-refractivity contribution is 7.12. The Bertz CT molecular complexity index is 1020. The van der Waals surface area contributed by atoms with E-state index in [1.54, 1.807) is 31.6 Å². The summed E-state index contributed by atoms with van der Waals surface area (Å²) in [7, 11) is 1.83. The van der Waals surface area contributed by atoms with Crippen molar-refractivity contribution in [3.63, 3.8) is 0 Å². The van der Waals surface area contributed by atoms with Crippen molar-refractivity contribution in [3.05, 3.63) is 58.5 Å². The first-order valence-electron chi connectivity index (χ1n) is 9.97. The number of carbonyl (C=O) groups excluding carboxylic acids is 2. The molecule has 0 aliphatic rings. The first-order valence-corrected chi connectivity index (χ1v) is 10.8. The average Bonchev–Trinajstić information content (AvgIpc) is 3.34. The second-order valence-corrected chi connectivity index (χ2v) is 8.98. The predicted octanol–water partition coefficient (Wildman–Crippen LogP) is 3.41. The lowest BCUT2D eigenvalue weighted by molar-refractivity contribution is 0.0519. The fraction of sp³-hybridized carbons (Fsp3) is 0.364. The summed E-state index contributed by atoms with van der Waals surface area (Å²) in [5.41, 5.74) is 1.99. The van der Waals surface area contributed by atoms with Gasteiger partial charge in [0.05, 0.1) is 11.7 Å². The number of nitrogens with one attached hydrogen (secondary N) is 2. The van der Waals surface area contributed by atoms with Gasteiger partial charge in [-0.1, -0.05) is 30.3 Å². The minimum Gasteiger partial charge on any atom is -0.444 e. The molecule has 3 rings (SSSR count). The normalized spacial score (nSPS) is 12.3. The van der Waals surface area contributed by atoms with E-state index in [1.807, 2.05) is 48.8 Å². The van der Waals surface area contributed by atoms with Crippen LogP contribution in [-0.2, 0) is 18.2 Å². The van der Waals surface area contributed by atoms with Gasteiger partial charge in [-0.25, -0.2) is 9.78 Å². The van der Waals surface area contributed by atoms with E-state index < -0.39 is 11.7 Å². The third kappa shape index (κ3) is 6.65. The molecule has 1 atom stereocenters. The molecule has 31 heavy (non-hydrogen) atoms. The van der Waals surface area contributed by atoms with Crippen molar-refractivity contribution in [1.29, 1.82) is 0 Å². The summed E-state index contributed by atoms with van der Waals surface area (Å²) < 4.78 is 7.01. The lowest BCUT2D eigenvalue weighted by Crippen LogP contribution is -2.46. The summed E-state index contributed by atoms with van der Waals surface area (Å²) in [5.74, 6) is -0.287. The highest BCUT2D eigenvalue weighted by atomic mass is 32.1. The molecule has 0 saturated heterocycles. The molecule has 0 aliphatic heterocycles. The van der Waals surface area contributed by atoms with Crippen molar-refractivity contribution >= 4 is 23.3 Å². The second kappa shape index (κ2) is 9.74. The maximum atomic E-state index is 12.9. The first kappa shape index (κ1) is 22.5. The van der Waals surface area contributed by atoms with E-state index >= 15 is 0 Å². The molecule has 1 aromatic carbocycles. The van der Waals surface area contributed by atoms with Gasteiger partial charge in [-0.15, -0.1) is 11.3 Å². The summed E-state index contributed by atoms with van der Waals surface area (Å²) >= 11 is 1.27. The van der Waals surface area contributed by atoms with Crippen LogP contribution in [0, 0.1) is 0 Å². The fourth-order valence-corrected chi connectivity index (χ4v) is 3.68. The number of hydrogen-bond donors (Lipinski definition) is 2. The van der Waals surface area contributed by atoms with Gasteiger partial charge in [-0.2, -0.15) is 5.10 Å². The number of rotatable bonds is 7.